The quantitative estimate of drug-likeness (QED) is 0.589. The molecule has 0 saturated heterocycles. The fourth-order valence-electron chi connectivity index (χ4n) is 2.60. The van der Waals surface area contributed by atoms with Gasteiger partial charge in [-0.25, -0.2) is 4.39 Å². The number of aliphatic imine (C=N–C) groups is 1. The first-order chi connectivity index (χ1) is 11.4. The van der Waals surface area contributed by atoms with E-state index in [0.717, 1.165) is 4.90 Å². The fraction of sp³-hybridized carbons (Fsp3) is 0.176. The molecule has 0 N–H and O–H groups in total. The minimum absolute atomic E-state index is 0.0473. The molecule has 0 unspecified atom stereocenters. The van der Waals surface area contributed by atoms with Crippen LogP contribution in [0.15, 0.2) is 53.5 Å². The Bertz CT molecular complexity index is 814. The summed E-state index contributed by atoms with van der Waals surface area (Å²) in [6.45, 7) is -1.31. The first kappa shape index (κ1) is 16.6. The summed E-state index contributed by atoms with van der Waals surface area (Å²) in [5.74, 6) is -0.485. The maximum atomic E-state index is 14.2. The average molecular weight is 352 g/mol. The number of hydrogen-bond acceptors (Lipinski definition) is 2. The minimum Gasteiger partial charge on any atom is -0.325 e. The van der Waals surface area contributed by atoms with E-state index in [4.69, 9.17) is 12.2 Å². The third kappa shape index (κ3) is 3.31. The summed E-state index contributed by atoms with van der Waals surface area (Å²) in [5, 5.41) is 0. The first-order valence-electron chi connectivity index (χ1n) is 7.13. The van der Waals surface area contributed by atoms with Gasteiger partial charge in [-0.3, -0.25) is 4.99 Å². The highest BCUT2D eigenvalue weighted by atomic mass is 32.1. The van der Waals surface area contributed by atoms with E-state index in [0.29, 0.717) is 11.3 Å². The van der Waals surface area contributed by atoms with Gasteiger partial charge in [0.25, 0.3) is 0 Å². The predicted molar refractivity (Wildman–Crippen MR) is 89.3 cm³/mol. The molecule has 0 aliphatic carbocycles. The highest BCUT2D eigenvalue weighted by Gasteiger charge is 2.34. The van der Waals surface area contributed by atoms with Crippen LogP contribution in [0.5, 0.6) is 0 Å². The van der Waals surface area contributed by atoms with E-state index in [1.165, 1.54) is 12.1 Å². The standard InChI is InChI=1S/C17H12F4N2S/c18-13-7-3-1-5-11(13)16-12-6-2-4-8-14(12)23(10-17(19,20)21)15(24)9-22-16/h1-8H,9-10H2. The van der Waals surface area contributed by atoms with E-state index in [1.807, 2.05) is 0 Å². The molecule has 24 heavy (non-hydrogen) atoms. The minimum atomic E-state index is -4.42. The Morgan fingerprint density at radius 3 is 2.29 bits per heavy atom. The normalized spacial score (nSPS) is 14.9. The lowest BCUT2D eigenvalue weighted by Crippen LogP contribution is -2.39. The van der Waals surface area contributed by atoms with Gasteiger partial charge in [0.05, 0.1) is 17.9 Å². The van der Waals surface area contributed by atoms with Crippen molar-refractivity contribution in [3.8, 4) is 0 Å². The van der Waals surface area contributed by atoms with Gasteiger partial charge in [-0.1, -0.05) is 42.5 Å². The molecule has 1 heterocycles. The topological polar surface area (TPSA) is 15.6 Å². The van der Waals surface area contributed by atoms with Crippen LogP contribution in [0.2, 0.25) is 0 Å². The van der Waals surface area contributed by atoms with Crippen molar-refractivity contribution in [3.63, 3.8) is 0 Å². The molecule has 0 fully saturated rings. The van der Waals surface area contributed by atoms with E-state index in [-0.39, 0.29) is 22.8 Å². The van der Waals surface area contributed by atoms with Crippen molar-refractivity contribution in [3.05, 3.63) is 65.5 Å². The average Bonchev–Trinajstić information content (AvgIpc) is 2.65. The number of nitrogens with zero attached hydrogens (tertiary/aromatic N) is 2. The number of fused-ring (bicyclic) bond motifs is 1. The molecule has 0 spiro atoms. The number of hydrogen-bond donors (Lipinski definition) is 0. The Balaban J connectivity index is 2.15. The van der Waals surface area contributed by atoms with Crippen LogP contribution in [0.25, 0.3) is 0 Å². The Morgan fingerprint density at radius 2 is 1.62 bits per heavy atom. The van der Waals surface area contributed by atoms with Crippen molar-refractivity contribution >= 4 is 28.6 Å². The number of para-hydroxylation sites is 1. The molecule has 2 nitrogen and oxygen atoms in total. The number of alkyl halides is 3. The SMILES string of the molecule is Fc1ccccc1C1=NCC(=S)N(CC(F)(F)F)c2ccccc21. The van der Waals surface area contributed by atoms with Crippen LogP contribution < -0.4 is 4.90 Å². The Hall–Kier alpha value is -2.28. The van der Waals surface area contributed by atoms with E-state index < -0.39 is 18.5 Å². The molecule has 0 bridgehead atoms. The van der Waals surface area contributed by atoms with Gasteiger partial charge < -0.3 is 4.90 Å². The highest BCUT2D eigenvalue weighted by molar-refractivity contribution is 7.80. The van der Waals surface area contributed by atoms with Crippen molar-refractivity contribution in [2.45, 2.75) is 6.18 Å². The van der Waals surface area contributed by atoms with E-state index in [2.05, 4.69) is 4.99 Å². The number of benzodiazepines with no additional fused rings is 1. The molecular formula is C17H12F4N2S. The van der Waals surface area contributed by atoms with Gasteiger partial charge in [0.2, 0.25) is 0 Å². The second-order valence-electron chi connectivity index (χ2n) is 5.26. The largest absolute Gasteiger partial charge is 0.406 e. The van der Waals surface area contributed by atoms with Crippen molar-refractivity contribution < 1.29 is 17.6 Å². The van der Waals surface area contributed by atoms with Gasteiger partial charge in [0.1, 0.15) is 17.4 Å². The zero-order valence-electron chi connectivity index (χ0n) is 12.3. The third-order valence-electron chi connectivity index (χ3n) is 3.59. The van der Waals surface area contributed by atoms with Crippen LogP contribution in [0.3, 0.4) is 0 Å². The molecule has 124 valence electrons. The number of thiocarbonyl (C=S) groups is 1. The maximum absolute atomic E-state index is 14.2. The predicted octanol–water partition coefficient (Wildman–Crippen LogP) is 4.37. The molecule has 7 heteroatoms. The van der Waals surface area contributed by atoms with Crippen LogP contribution in [0.1, 0.15) is 11.1 Å². The number of anilines is 1. The molecule has 0 atom stereocenters. The molecule has 1 aliphatic heterocycles. The summed E-state index contributed by atoms with van der Waals surface area (Å²) in [7, 11) is 0. The number of halogens is 4. The summed E-state index contributed by atoms with van der Waals surface area (Å²) >= 11 is 5.12. The number of benzene rings is 2. The smallest absolute Gasteiger partial charge is 0.325 e. The van der Waals surface area contributed by atoms with Crippen molar-refractivity contribution in [2.24, 2.45) is 4.99 Å². The van der Waals surface area contributed by atoms with Gasteiger partial charge in [-0.2, -0.15) is 13.2 Å². The van der Waals surface area contributed by atoms with Crippen LogP contribution in [-0.2, 0) is 0 Å². The van der Waals surface area contributed by atoms with Crippen molar-refractivity contribution in [1.82, 2.24) is 0 Å². The van der Waals surface area contributed by atoms with Crippen LogP contribution in [0.4, 0.5) is 23.2 Å². The van der Waals surface area contributed by atoms with Crippen molar-refractivity contribution in [1.29, 1.82) is 0 Å². The van der Waals surface area contributed by atoms with Gasteiger partial charge >= 0.3 is 6.18 Å². The van der Waals surface area contributed by atoms with Gasteiger partial charge in [0.15, 0.2) is 0 Å². The molecule has 0 saturated carbocycles. The second kappa shape index (κ2) is 6.32. The van der Waals surface area contributed by atoms with E-state index >= 15 is 0 Å². The molecule has 1 aliphatic rings. The number of rotatable bonds is 2. The second-order valence-corrected chi connectivity index (χ2v) is 5.73. The zero-order valence-corrected chi connectivity index (χ0v) is 13.2. The lowest BCUT2D eigenvalue weighted by Gasteiger charge is -2.26. The van der Waals surface area contributed by atoms with Gasteiger partial charge in [-0.15, -0.1) is 0 Å². The lowest BCUT2D eigenvalue weighted by atomic mass is 10.00. The maximum Gasteiger partial charge on any atom is 0.406 e. The summed E-state index contributed by atoms with van der Waals surface area (Å²) in [5.41, 5.74) is 1.24. The van der Waals surface area contributed by atoms with Gasteiger partial charge in [0, 0.05) is 11.1 Å². The molecule has 0 amide bonds. The molecular weight excluding hydrogens is 340 g/mol. The highest BCUT2D eigenvalue weighted by Crippen LogP contribution is 2.30. The summed E-state index contributed by atoms with van der Waals surface area (Å²) in [6.07, 6.45) is -4.42. The summed E-state index contributed by atoms with van der Waals surface area (Å²) < 4.78 is 52.9. The van der Waals surface area contributed by atoms with Crippen LogP contribution in [-0.4, -0.2) is 30.0 Å². The molecule has 2 aromatic rings. The summed E-state index contributed by atoms with van der Waals surface area (Å²) in [6, 6.07) is 12.5. The molecule has 2 aromatic carbocycles. The first-order valence-corrected chi connectivity index (χ1v) is 7.53. The summed E-state index contributed by atoms with van der Waals surface area (Å²) in [4.78, 5) is 5.35. The zero-order chi connectivity index (χ0) is 17.3. The van der Waals surface area contributed by atoms with Gasteiger partial charge in [-0.05, 0) is 18.2 Å². The van der Waals surface area contributed by atoms with Crippen LogP contribution in [0, 0.1) is 5.82 Å². The fourth-order valence-corrected chi connectivity index (χ4v) is 2.82. The van der Waals surface area contributed by atoms with Crippen LogP contribution >= 0.6 is 12.2 Å². The lowest BCUT2D eigenvalue weighted by molar-refractivity contribution is -0.117. The molecule has 3 rings (SSSR count). The molecule has 0 aromatic heterocycles. The van der Waals surface area contributed by atoms with E-state index in [1.54, 1.807) is 36.4 Å². The molecule has 0 radical (unpaired) electrons. The Morgan fingerprint density at radius 1 is 1.00 bits per heavy atom. The van der Waals surface area contributed by atoms with E-state index in [9.17, 15) is 17.6 Å². The monoisotopic (exact) mass is 352 g/mol. The third-order valence-corrected chi connectivity index (χ3v) is 3.94. The Labute approximate surface area is 141 Å². The Kier molecular flexibility index (Phi) is 4.36. The van der Waals surface area contributed by atoms with Crippen molar-refractivity contribution in [2.75, 3.05) is 18.0 Å².